The maximum Gasteiger partial charge on any atom is 0.416 e. The topological polar surface area (TPSA) is 85.0 Å². The van der Waals surface area contributed by atoms with E-state index < -0.39 is 30.9 Å². The maximum atomic E-state index is 12.3. The highest BCUT2D eigenvalue weighted by atomic mass is 19.4. The number of anilines is 1. The molecule has 0 spiro atoms. The maximum absolute atomic E-state index is 12.3. The fourth-order valence-electron chi connectivity index (χ4n) is 2.67. The minimum Gasteiger partial charge on any atom is -0.441 e. The number of rotatable bonds is 6. The summed E-state index contributed by atoms with van der Waals surface area (Å²) >= 11 is 0. The summed E-state index contributed by atoms with van der Waals surface area (Å²) in [4.78, 5) is 13.3. The first-order valence-electron chi connectivity index (χ1n) is 8.07. The lowest BCUT2D eigenvalue weighted by Crippen LogP contribution is -2.27. The Morgan fingerprint density at radius 1 is 1.48 bits per heavy atom. The molecule has 0 bridgehead atoms. The lowest BCUT2D eigenvalue weighted by molar-refractivity contribution is -0.202. The van der Waals surface area contributed by atoms with Crippen molar-refractivity contribution in [1.29, 1.82) is 0 Å². The number of halogens is 3. The molecule has 1 saturated heterocycles. The molecule has 3 rings (SSSR count). The first kappa shape index (κ1) is 19.2. The molecule has 2 atom stereocenters. The zero-order chi connectivity index (χ0) is 19.6. The monoisotopic (exact) mass is 386 g/mol. The number of aliphatic hydroxyl groups is 1. The van der Waals surface area contributed by atoms with Gasteiger partial charge in [0.2, 0.25) is 0 Å². The zero-order valence-electron chi connectivity index (χ0n) is 14.3. The number of carbonyl (C=O) groups is 1. The minimum absolute atomic E-state index is 0.261. The van der Waals surface area contributed by atoms with E-state index in [1.165, 1.54) is 24.2 Å². The Bertz CT molecular complexity index is 849. The largest absolute Gasteiger partial charge is 0.441 e. The van der Waals surface area contributed by atoms with Crippen LogP contribution in [0.4, 0.5) is 23.8 Å². The van der Waals surface area contributed by atoms with Gasteiger partial charge in [-0.1, -0.05) is 23.4 Å². The first-order valence-corrected chi connectivity index (χ1v) is 8.07. The van der Waals surface area contributed by atoms with Crippen LogP contribution in [-0.4, -0.2) is 55.0 Å². The van der Waals surface area contributed by atoms with Gasteiger partial charge in [-0.2, -0.15) is 13.2 Å². The van der Waals surface area contributed by atoms with E-state index in [0.29, 0.717) is 22.4 Å². The van der Waals surface area contributed by atoms with Crippen LogP contribution in [0.15, 0.2) is 28.8 Å². The van der Waals surface area contributed by atoms with Crippen LogP contribution in [0, 0.1) is 0 Å². The van der Waals surface area contributed by atoms with Crippen LogP contribution in [-0.2, 0) is 9.47 Å². The van der Waals surface area contributed by atoms with Crippen molar-refractivity contribution < 1.29 is 37.1 Å². The lowest BCUT2D eigenvalue weighted by Gasteiger charge is -2.11. The van der Waals surface area contributed by atoms with E-state index in [1.54, 1.807) is 18.2 Å². The highest BCUT2D eigenvalue weighted by Crippen LogP contribution is 2.30. The average molecular weight is 386 g/mol. The highest BCUT2D eigenvalue weighted by Gasteiger charge is 2.37. The molecule has 1 amide bonds. The molecule has 2 aromatic rings. The van der Waals surface area contributed by atoms with E-state index in [4.69, 9.17) is 19.1 Å². The summed E-state index contributed by atoms with van der Waals surface area (Å²) in [6, 6.07) is 4.88. The summed E-state index contributed by atoms with van der Waals surface area (Å²) in [5.74, 6) is 0.302. The number of alkyl halides is 3. The van der Waals surface area contributed by atoms with E-state index in [0.717, 1.165) is 0 Å². The highest BCUT2D eigenvalue weighted by molar-refractivity contribution is 5.99. The van der Waals surface area contributed by atoms with E-state index in [1.807, 2.05) is 0 Å². The molecule has 0 unspecified atom stereocenters. The van der Waals surface area contributed by atoms with E-state index in [2.05, 4.69) is 5.16 Å². The molecule has 27 heavy (non-hydrogen) atoms. The summed E-state index contributed by atoms with van der Waals surface area (Å²) in [6.07, 6.45) is -5.91. The van der Waals surface area contributed by atoms with Gasteiger partial charge in [-0.3, -0.25) is 4.90 Å². The van der Waals surface area contributed by atoms with Gasteiger partial charge in [-0.05, 0) is 17.7 Å². The molecular weight excluding hydrogens is 369 g/mol. The molecule has 1 aromatic carbocycles. The van der Waals surface area contributed by atoms with Gasteiger partial charge in [0.1, 0.15) is 6.10 Å². The smallest absolute Gasteiger partial charge is 0.416 e. The predicted molar refractivity (Wildman–Crippen MR) is 89.2 cm³/mol. The molecule has 7 nitrogen and oxygen atoms in total. The SMILES string of the molecule is COC[C@H]1CN(c2noc3cc(C=CC[C@@H](O)C(F)(F)F)ccc23)C(=O)O1. The van der Waals surface area contributed by atoms with Crippen LogP contribution >= 0.6 is 0 Å². The number of cyclic esters (lactones) is 1. The lowest BCUT2D eigenvalue weighted by atomic mass is 10.1. The minimum atomic E-state index is -4.65. The van der Waals surface area contributed by atoms with Crippen LogP contribution in [0.1, 0.15) is 12.0 Å². The van der Waals surface area contributed by atoms with Crippen molar-refractivity contribution in [2.24, 2.45) is 0 Å². The number of carbonyl (C=O) groups excluding carboxylic acids is 1. The molecule has 2 heterocycles. The first-order chi connectivity index (χ1) is 12.8. The number of benzene rings is 1. The van der Waals surface area contributed by atoms with Crippen LogP contribution in [0.2, 0.25) is 0 Å². The Kier molecular flexibility index (Phi) is 5.38. The Hall–Kier alpha value is -2.59. The van der Waals surface area contributed by atoms with E-state index >= 15 is 0 Å². The molecule has 1 fully saturated rings. The Balaban J connectivity index is 1.74. The molecule has 1 aromatic heterocycles. The molecule has 1 aliphatic rings. The number of hydrogen-bond donors (Lipinski definition) is 1. The third-order valence-electron chi connectivity index (χ3n) is 4.01. The number of ether oxygens (including phenoxy) is 2. The van der Waals surface area contributed by atoms with Gasteiger partial charge >= 0.3 is 12.3 Å². The summed E-state index contributed by atoms with van der Waals surface area (Å²) < 4.78 is 52.2. The van der Waals surface area contributed by atoms with Crippen molar-refractivity contribution >= 4 is 29.0 Å². The molecule has 1 aliphatic heterocycles. The van der Waals surface area contributed by atoms with Gasteiger partial charge in [-0.15, -0.1) is 0 Å². The number of aliphatic hydroxyl groups excluding tert-OH is 1. The third kappa shape index (κ3) is 4.22. The zero-order valence-corrected chi connectivity index (χ0v) is 14.3. The predicted octanol–water partition coefficient (Wildman–Crippen LogP) is 3.13. The Morgan fingerprint density at radius 3 is 2.96 bits per heavy atom. The van der Waals surface area contributed by atoms with Gasteiger partial charge in [0.25, 0.3) is 0 Å². The average Bonchev–Trinajstić information content (AvgIpc) is 3.17. The van der Waals surface area contributed by atoms with Crippen molar-refractivity contribution in [3.8, 4) is 0 Å². The second kappa shape index (κ2) is 7.57. The normalized spacial score (nSPS) is 19.2. The van der Waals surface area contributed by atoms with Crippen LogP contribution in [0.5, 0.6) is 0 Å². The molecule has 0 saturated carbocycles. The molecule has 10 heteroatoms. The summed E-state index contributed by atoms with van der Waals surface area (Å²) in [5, 5.41) is 13.4. The second-order valence-electron chi connectivity index (χ2n) is 6.03. The van der Waals surface area contributed by atoms with Crippen molar-refractivity contribution in [2.75, 3.05) is 25.2 Å². The standard InChI is InChI=1S/C17H17F3N2O5/c1-25-9-11-8-22(16(24)26-11)15-12-6-5-10(7-13(12)27-21-15)3-2-4-14(23)17(18,19)20/h2-3,5-7,11,14,23H,4,8-9H2,1H3/t11-,14-/m1/s1. The quantitative estimate of drug-likeness (QED) is 0.821. The number of amides is 1. The second-order valence-corrected chi connectivity index (χ2v) is 6.03. The van der Waals surface area contributed by atoms with E-state index in [-0.39, 0.29) is 13.2 Å². The van der Waals surface area contributed by atoms with Gasteiger partial charge in [0, 0.05) is 13.5 Å². The number of hydrogen-bond acceptors (Lipinski definition) is 6. The third-order valence-corrected chi connectivity index (χ3v) is 4.01. The molecule has 0 aliphatic carbocycles. The Morgan fingerprint density at radius 2 is 2.26 bits per heavy atom. The van der Waals surface area contributed by atoms with Gasteiger partial charge < -0.3 is 19.1 Å². The van der Waals surface area contributed by atoms with E-state index in [9.17, 15) is 18.0 Å². The van der Waals surface area contributed by atoms with Gasteiger partial charge in [-0.25, -0.2) is 4.79 Å². The molecule has 1 N–H and O–H groups in total. The van der Waals surface area contributed by atoms with Crippen LogP contribution in [0.3, 0.4) is 0 Å². The number of nitrogens with zero attached hydrogens (tertiary/aromatic N) is 2. The van der Waals surface area contributed by atoms with Crippen LogP contribution < -0.4 is 4.90 Å². The summed E-state index contributed by atoms with van der Waals surface area (Å²) in [7, 11) is 1.50. The fraction of sp³-hybridized carbons (Fsp3) is 0.412. The molecule has 0 radical (unpaired) electrons. The molecular formula is C17H17F3N2O5. The number of fused-ring (bicyclic) bond motifs is 1. The van der Waals surface area contributed by atoms with Crippen molar-refractivity contribution in [2.45, 2.75) is 24.8 Å². The summed E-state index contributed by atoms with van der Waals surface area (Å²) in [5.41, 5.74) is 0.937. The van der Waals surface area contributed by atoms with Crippen molar-refractivity contribution in [3.63, 3.8) is 0 Å². The number of aromatic nitrogens is 1. The van der Waals surface area contributed by atoms with Crippen molar-refractivity contribution in [3.05, 3.63) is 29.8 Å². The Labute approximate surface area is 151 Å². The molecule has 146 valence electrons. The van der Waals surface area contributed by atoms with Crippen LogP contribution in [0.25, 0.3) is 17.0 Å². The van der Waals surface area contributed by atoms with Gasteiger partial charge in [0.15, 0.2) is 17.5 Å². The summed E-state index contributed by atoms with van der Waals surface area (Å²) in [6.45, 7) is 0.530. The van der Waals surface area contributed by atoms with Gasteiger partial charge in [0.05, 0.1) is 18.5 Å². The fourth-order valence-corrected chi connectivity index (χ4v) is 2.67. The number of methoxy groups -OCH3 is 1. The van der Waals surface area contributed by atoms with Crippen molar-refractivity contribution in [1.82, 2.24) is 5.16 Å².